The first-order valence-electron chi connectivity index (χ1n) is 3.82. The third-order valence-corrected chi connectivity index (χ3v) is 2.61. The lowest BCUT2D eigenvalue weighted by Crippen LogP contribution is -2.13. The Morgan fingerprint density at radius 3 is 3.08 bits per heavy atom. The van der Waals surface area contributed by atoms with Crippen LogP contribution < -0.4 is 11.1 Å². The van der Waals surface area contributed by atoms with Crippen LogP contribution in [-0.2, 0) is 0 Å². The first-order chi connectivity index (χ1) is 6.13. The van der Waals surface area contributed by atoms with Crippen molar-refractivity contribution < 1.29 is 4.39 Å². The lowest BCUT2D eigenvalue weighted by molar-refractivity contribution is 0.617. The van der Waals surface area contributed by atoms with Gasteiger partial charge in [0.25, 0.3) is 0 Å². The average Bonchev–Trinajstić information content (AvgIpc) is 2.11. The van der Waals surface area contributed by atoms with Gasteiger partial charge >= 0.3 is 0 Å². The number of aromatic nitrogens is 2. The predicted molar refractivity (Wildman–Crippen MR) is 58.1 cm³/mol. The normalized spacial score (nSPS) is 12.5. The molecule has 0 aliphatic carbocycles. The summed E-state index contributed by atoms with van der Waals surface area (Å²) in [4.78, 5) is 7.26. The van der Waals surface area contributed by atoms with Crippen LogP contribution in [0.3, 0.4) is 0 Å². The molecule has 0 saturated heterocycles. The van der Waals surface area contributed by atoms with Gasteiger partial charge < -0.3 is 11.1 Å². The highest BCUT2D eigenvalue weighted by atomic mass is 127. The summed E-state index contributed by atoms with van der Waals surface area (Å²) >= 11 is 2.16. The molecular weight excluding hydrogens is 286 g/mol. The minimum Gasteiger partial charge on any atom is -0.368 e. The van der Waals surface area contributed by atoms with E-state index in [0.29, 0.717) is 0 Å². The Hall–Kier alpha value is -0.660. The molecule has 72 valence electrons. The Morgan fingerprint density at radius 2 is 2.46 bits per heavy atom. The van der Waals surface area contributed by atoms with Crippen LogP contribution in [0, 0.1) is 5.82 Å². The van der Waals surface area contributed by atoms with E-state index < -0.39 is 5.82 Å². The zero-order valence-electron chi connectivity index (χ0n) is 7.09. The van der Waals surface area contributed by atoms with Crippen molar-refractivity contribution in [2.24, 2.45) is 0 Å². The van der Waals surface area contributed by atoms with Crippen LogP contribution in [0.15, 0.2) is 6.20 Å². The van der Waals surface area contributed by atoms with Crippen LogP contribution >= 0.6 is 22.6 Å². The van der Waals surface area contributed by atoms with Gasteiger partial charge in [-0.2, -0.15) is 4.98 Å². The second-order valence-electron chi connectivity index (χ2n) is 2.44. The van der Waals surface area contributed by atoms with Crippen LogP contribution in [0.25, 0.3) is 0 Å². The van der Waals surface area contributed by atoms with E-state index in [1.165, 1.54) is 0 Å². The summed E-state index contributed by atoms with van der Waals surface area (Å²) in [5, 5.41) is 2.88. The molecule has 1 atom stereocenters. The number of anilines is 2. The third-order valence-electron chi connectivity index (χ3n) is 1.41. The highest BCUT2D eigenvalue weighted by Gasteiger charge is 2.07. The molecule has 0 saturated carbocycles. The zero-order valence-corrected chi connectivity index (χ0v) is 9.25. The summed E-state index contributed by atoms with van der Waals surface area (Å²) in [6, 6.07) is 0. The molecule has 1 aromatic heterocycles. The molecule has 0 amide bonds. The molecule has 1 rings (SSSR count). The minimum absolute atomic E-state index is 0.0728. The molecule has 0 radical (unpaired) electrons. The molecule has 0 aromatic carbocycles. The molecule has 0 spiro atoms. The molecule has 3 N–H and O–H groups in total. The van der Waals surface area contributed by atoms with Gasteiger partial charge in [0, 0.05) is 0 Å². The maximum Gasteiger partial charge on any atom is 0.222 e. The van der Waals surface area contributed by atoms with E-state index in [2.05, 4.69) is 37.9 Å². The summed E-state index contributed by atoms with van der Waals surface area (Å²) in [7, 11) is 0. The molecule has 0 aliphatic heterocycles. The van der Waals surface area contributed by atoms with Crippen LogP contribution in [0.1, 0.15) is 13.3 Å². The van der Waals surface area contributed by atoms with Gasteiger partial charge in [-0.1, -0.05) is 29.5 Å². The first-order valence-corrected chi connectivity index (χ1v) is 5.06. The number of nitrogen functional groups attached to an aromatic ring is 1. The fourth-order valence-electron chi connectivity index (χ4n) is 0.732. The number of nitrogens with one attached hydrogen (secondary N) is 1. The molecule has 1 heterocycles. The molecule has 0 fully saturated rings. The topological polar surface area (TPSA) is 63.8 Å². The molecule has 1 unspecified atom stereocenters. The van der Waals surface area contributed by atoms with Gasteiger partial charge in [-0.15, -0.1) is 0 Å². The van der Waals surface area contributed by atoms with Crippen molar-refractivity contribution in [3.63, 3.8) is 0 Å². The Kier molecular flexibility index (Phi) is 3.64. The highest BCUT2D eigenvalue weighted by molar-refractivity contribution is 14.1. The van der Waals surface area contributed by atoms with Gasteiger partial charge in [0.15, 0.2) is 11.6 Å². The number of alkyl halides is 1. The molecule has 1 aromatic rings. The van der Waals surface area contributed by atoms with Gasteiger partial charge in [0.1, 0.15) is 0 Å². The summed E-state index contributed by atoms with van der Waals surface area (Å²) in [6.07, 6.45) is 1.94. The molecule has 0 aliphatic rings. The fourth-order valence-corrected chi connectivity index (χ4v) is 1.03. The quantitative estimate of drug-likeness (QED) is 0.507. The van der Waals surface area contributed by atoms with Crippen molar-refractivity contribution in [2.75, 3.05) is 11.1 Å². The summed E-state index contributed by atoms with van der Waals surface area (Å²) in [5.74, 6) is -0.248. The summed E-state index contributed by atoms with van der Waals surface area (Å²) in [6.45, 7) is 1.99. The predicted octanol–water partition coefficient (Wildman–Crippen LogP) is 1.78. The average molecular weight is 296 g/mol. The standard InChI is InChI=1S/C7H10FIN4/c1-2-5(9)12-6-4(8)3-11-7(10)13-6/h3,5H,2H2,1H3,(H3,10,11,12,13). The van der Waals surface area contributed by atoms with Gasteiger partial charge in [0.2, 0.25) is 5.95 Å². The fraction of sp³-hybridized carbons (Fsp3) is 0.429. The van der Waals surface area contributed by atoms with E-state index in [1.807, 2.05) is 6.92 Å². The molecule has 0 bridgehead atoms. The van der Waals surface area contributed by atoms with Gasteiger partial charge in [-0.05, 0) is 6.42 Å². The Bertz CT molecular complexity index is 294. The van der Waals surface area contributed by atoms with Crippen LogP contribution in [0.5, 0.6) is 0 Å². The largest absolute Gasteiger partial charge is 0.368 e. The van der Waals surface area contributed by atoms with Crippen molar-refractivity contribution in [1.82, 2.24) is 9.97 Å². The second-order valence-corrected chi connectivity index (χ2v) is 3.95. The lowest BCUT2D eigenvalue weighted by Gasteiger charge is -2.10. The Balaban J connectivity index is 2.81. The van der Waals surface area contributed by atoms with Crippen molar-refractivity contribution in [2.45, 2.75) is 17.4 Å². The first kappa shape index (κ1) is 10.4. The Labute approximate surface area is 89.3 Å². The van der Waals surface area contributed by atoms with Crippen LogP contribution in [0.4, 0.5) is 16.2 Å². The number of halogens is 2. The van der Waals surface area contributed by atoms with Gasteiger partial charge in [-0.25, -0.2) is 9.37 Å². The second kappa shape index (κ2) is 4.54. The molecule has 4 nitrogen and oxygen atoms in total. The number of hydrogen-bond acceptors (Lipinski definition) is 4. The van der Waals surface area contributed by atoms with Gasteiger partial charge in [0.05, 0.1) is 10.2 Å². The number of nitrogens with zero attached hydrogens (tertiary/aromatic N) is 2. The summed E-state index contributed by atoms with van der Waals surface area (Å²) < 4.78 is 13.2. The number of rotatable bonds is 3. The van der Waals surface area contributed by atoms with E-state index >= 15 is 0 Å². The van der Waals surface area contributed by atoms with Crippen molar-refractivity contribution in [3.8, 4) is 0 Å². The van der Waals surface area contributed by atoms with Crippen molar-refractivity contribution >= 4 is 34.4 Å². The van der Waals surface area contributed by atoms with Gasteiger partial charge in [-0.3, -0.25) is 0 Å². The number of hydrogen-bond donors (Lipinski definition) is 2. The van der Waals surface area contributed by atoms with Crippen molar-refractivity contribution in [1.29, 1.82) is 0 Å². The SMILES string of the molecule is CCC(I)Nc1nc(N)ncc1F. The minimum atomic E-state index is -0.482. The highest BCUT2D eigenvalue weighted by Crippen LogP contribution is 2.15. The van der Waals surface area contributed by atoms with E-state index in [-0.39, 0.29) is 15.8 Å². The van der Waals surface area contributed by atoms with Crippen LogP contribution in [0.2, 0.25) is 0 Å². The maximum atomic E-state index is 13.0. The third kappa shape index (κ3) is 2.94. The van der Waals surface area contributed by atoms with E-state index in [1.54, 1.807) is 0 Å². The molecule has 13 heavy (non-hydrogen) atoms. The molecular formula is C7H10FIN4. The van der Waals surface area contributed by atoms with E-state index in [0.717, 1.165) is 12.6 Å². The maximum absolute atomic E-state index is 13.0. The monoisotopic (exact) mass is 296 g/mol. The van der Waals surface area contributed by atoms with Crippen molar-refractivity contribution in [3.05, 3.63) is 12.0 Å². The smallest absolute Gasteiger partial charge is 0.222 e. The Morgan fingerprint density at radius 1 is 1.77 bits per heavy atom. The number of nitrogens with two attached hydrogens (primary N) is 1. The lowest BCUT2D eigenvalue weighted by atomic mass is 10.4. The molecule has 6 heteroatoms. The van der Waals surface area contributed by atoms with E-state index in [4.69, 9.17) is 5.73 Å². The van der Waals surface area contributed by atoms with E-state index in [9.17, 15) is 4.39 Å². The summed E-state index contributed by atoms with van der Waals surface area (Å²) in [5.41, 5.74) is 5.31. The zero-order chi connectivity index (χ0) is 9.84. The van der Waals surface area contributed by atoms with Crippen LogP contribution in [-0.4, -0.2) is 14.0 Å².